The minimum absolute atomic E-state index is 0.153. The Bertz CT molecular complexity index is 632. The van der Waals surface area contributed by atoms with Crippen LogP contribution in [0.25, 0.3) is 0 Å². The Balaban J connectivity index is 3.13. The predicted molar refractivity (Wildman–Crippen MR) is 99.8 cm³/mol. The van der Waals surface area contributed by atoms with Crippen LogP contribution in [0, 0.1) is 0 Å². The van der Waals surface area contributed by atoms with Gasteiger partial charge in [-0.1, -0.05) is 0 Å². The second-order valence-electron chi connectivity index (χ2n) is 7.70. The third-order valence-corrected chi connectivity index (χ3v) is 3.19. The van der Waals surface area contributed by atoms with Gasteiger partial charge in [0.15, 0.2) is 11.0 Å². The fraction of sp³-hybridized carbons (Fsp3) is 0.611. The lowest BCUT2D eigenvalue weighted by Crippen LogP contribution is -2.36. The van der Waals surface area contributed by atoms with Crippen molar-refractivity contribution >= 4 is 29.2 Å². The number of hydrogen-bond acceptors (Lipinski definition) is 8. The van der Waals surface area contributed by atoms with Crippen LogP contribution >= 0.6 is 12.2 Å². The van der Waals surface area contributed by atoms with Gasteiger partial charge in [0, 0.05) is 0 Å². The molecule has 0 spiro atoms. The minimum atomic E-state index is -1.32. The van der Waals surface area contributed by atoms with Gasteiger partial charge in [0.05, 0.1) is 24.9 Å². The summed E-state index contributed by atoms with van der Waals surface area (Å²) >= 11 is 4.99. The number of hydrogen-bond donors (Lipinski definition) is 0. The molecular formula is C18H26N2O5S. The molecule has 0 bridgehead atoms. The number of aromatic nitrogens is 2. The van der Waals surface area contributed by atoms with Crippen molar-refractivity contribution in [3.63, 3.8) is 0 Å². The van der Waals surface area contributed by atoms with Crippen LogP contribution in [0.1, 0.15) is 58.8 Å². The molecule has 0 saturated carbocycles. The molecule has 0 fully saturated rings. The SMILES string of the molecule is COC(=S)Cc1ccc(C(C(=O)OC(C)(C)C)C(=O)OC(C)(C)C)nn1. The zero-order chi connectivity index (χ0) is 20.1. The van der Waals surface area contributed by atoms with Gasteiger partial charge in [-0.25, -0.2) is 0 Å². The van der Waals surface area contributed by atoms with Crippen LogP contribution in [-0.2, 0) is 30.2 Å². The molecule has 0 atom stereocenters. The Morgan fingerprint density at radius 2 is 1.50 bits per heavy atom. The predicted octanol–water partition coefficient (Wildman–Crippen LogP) is 2.76. The summed E-state index contributed by atoms with van der Waals surface area (Å²) in [6.07, 6.45) is 0.308. The van der Waals surface area contributed by atoms with Gasteiger partial charge in [-0.2, -0.15) is 10.2 Å². The van der Waals surface area contributed by atoms with Gasteiger partial charge >= 0.3 is 11.9 Å². The Hall–Kier alpha value is -2.09. The highest BCUT2D eigenvalue weighted by molar-refractivity contribution is 7.80. The second-order valence-corrected chi connectivity index (χ2v) is 8.16. The molecule has 0 aliphatic carbocycles. The first-order valence-corrected chi connectivity index (χ1v) is 8.58. The summed E-state index contributed by atoms with van der Waals surface area (Å²) in [5.41, 5.74) is -0.793. The summed E-state index contributed by atoms with van der Waals surface area (Å²) in [5.74, 6) is -2.79. The number of ether oxygens (including phenoxy) is 3. The van der Waals surface area contributed by atoms with E-state index in [1.54, 1.807) is 53.7 Å². The fourth-order valence-corrected chi connectivity index (χ4v) is 2.05. The van der Waals surface area contributed by atoms with Crippen molar-refractivity contribution in [3.8, 4) is 0 Å². The lowest BCUT2D eigenvalue weighted by atomic mass is 10.0. The lowest BCUT2D eigenvalue weighted by Gasteiger charge is -2.25. The van der Waals surface area contributed by atoms with E-state index in [-0.39, 0.29) is 5.69 Å². The fourth-order valence-electron chi connectivity index (χ4n) is 1.90. The van der Waals surface area contributed by atoms with E-state index in [4.69, 9.17) is 26.4 Å². The zero-order valence-corrected chi connectivity index (χ0v) is 17.1. The molecule has 0 aromatic carbocycles. The Kier molecular flexibility index (Phi) is 7.20. The maximum absolute atomic E-state index is 12.6. The summed E-state index contributed by atoms with van der Waals surface area (Å²) in [7, 11) is 1.48. The van der Waals surface area contributed by atoms with Crippen molar-refractivity contribution in [1.82, 2.24) is 10.2 Å². The smallest absolute Gasteiger partial charge is 0.327 e. The van der Waals surface area contributed by atoms with Crippen molar-refractivity contribution in [2.45, 2.75) is 65.1 Å². The van der Waals surface area contributed by atoms with E-state index in [0.29, 0.717) is 17.2 Å². The van der Waals surface area contributed by atoms with Crippen molar-refractivity contribution < 1.29 is 23.8 Å². The summed E-state index contributed by atoms with van der Waals surface area (Å²) in [6, 6.07) is 3.18. The number of thiocarbonyl (C=S) groups is 1. The molecule has 0 radical (unpaired) electrons. The van der Waals surface area contributed by atoms with Crippen LogP contribution in [-0.4, -0.2) is 45.5 Å². The first-order chi connectivity index (χ1) is 11.8. The van der Waals surface area contributed by atoms with Crippen molar-refractivity contribution in [3.05, 3.63) is 23.5 Å². The molecule has 26 heavy (non-hydrogen) atoms. The van der Waals surface area contributed by atoms with Gasteiger partial charge in [0.25, 0.3) is 0 Å². The third kappa shape index (κ3) is 7.43. The van der Waals surface area contributed by atoms with E-state index in [2.05, 4.69) is 10.2 Å². The first-order valence-electron chi connectivity index (χ1n) is 8.17. The quantitative estimate of drug-likeness (QED) is 0.436. The van der Waals surface area contributed by atoms with Crippen molar-refractivity contribution in [1.29, 1.82) is 0 Å². The summed E-state index contributed by atoms with van der Waals surface area (Å²) in [5, 5.41) is 8.38. The molecule has 1 heterocycles. The van der Waals surface area contributed by atoms with E-state index in [9.17, 15) is 9.59 Å². The number of rotatable bonds is 5. The van der Waals surface area contributed by atoms with E-state index in [1.165, 1.54) is 7.11 Å². The Morgan fingerprint density at radius 3 is 1.85 bits per heavy atom. The number of nitrogens with zero attached hydrogens (tertiary/aromatic N) is 2. The molecule has 1 rings (SSSR count). The van der Waals surface area contributed by atoms with Gasteiger partial charge in [-0.3, -0.25) is 9.59 Å². The number of methoxy groups -OCH3 is 1. The highest BCUT2D eigenvalue weighted by atomic mass is 32.1. The lowest BCUT2D eigenvalue weighted by molar-refractivity contribution is -0.169. The molecule has 0 saturated heterocycles. The molecule has 144 valence electrons. The molecule has 0 aliphatic heterocycles. The number of carbonyl (C=O) groups excluding carboxylic acids is 2. The molecule has 0 N–H and O–H groups in total. The van der Waals surface area contributed by atoms with Crippen LogP contribution in [0.3, 0.4) is 0 Å². The van der Waals surface area contributed by atoms with Crippen LogP contribution in [0.15, 0.2) is 12.1 Å². The molecular weight excluding hydrogens is 356 g/mol. The Morgan fingerprint density at radius 1 is 1.00 bits per heavy atom. The van der Waals surface area contributed by atoms with Gasteiger partial charge in [0.1, 0.15) is 11.2 Å². The standard InChI is InChI=1S/C18H26N2O5S/c1-17(2,3)24-15(21)14(16(22)25-18(4,5)6)12-9-8-11(19-20-12)10-13(26)23-7/h8-9,14H,10H2,1-7H3. The van der Waals surface area contributed by atoms with Gasteiger partial charge < -0.3 is 14.2 Å². The van der Waals surface area contributed by atoms with Crippen LogP contribution in [0.4, 0.5) is 0 Å². The first kappa shape index (κ1) is 22.0. The highest BCUT2D eigenvalue weighted by Gasteiger charge is 2.37. The van der Waals surface area contributed by atoms with Crippen molar-refractivity contribution in [2.75, 3.05) is 7.11 Å². The van der Waals surface area contributed by atoms with Crippen LogP contribution in [0.2, 0.25) is 0 Å². The number of esters is 2. The maximum atomic E-state index is 12.6. The second kappa shape index (κ2) is 8.53. The number of carbonyl (C=O) groups is 2. The maximum Gasteiger partial charge on any atom is 0.327 e. The largest absolute Gasteiger partial charge is 0.490 e. The molecule has 8 heteroatoms. The molecule has 1 aromatic rings. The highest BCUT2D eigenvalue weighted by Crippen LogP contribution is 2.23. The molecule has 7 nitrogen and oxygen atoms in total. The van der Waals surface area contributed by atoms with E-state index in [0.717, 1.165) is 0 Å². The normalized spacial score (nSPS) is 11.8. The molecule has 1 aromatic heterocycles. The van der Waals surface area contributed by atoms with Crippen LogP contribution < -0.4 is 0 Å². The third-order valence-electron chi connectivity index (χ3n) is 2.87. The van der Waals surface area contributed by atoms with E-state index in [1.807, 2.05) is 0 Å². The Labute approximate surface area is 159 Å². The molecule has 0 aliphatic rings. The van der Waals surface area contributed by atoms with E-state index < -0.39 is 29.1 Å². The summed E-state index contributed by atoms with van der Waals surface area (Å²) in [6.45, 7) is 10.3. The molecule has 0 unspecified atom stereocenters. The topological polar surface area (TPSA) is 87.6 Å². The monoisotopic (exact) mass is 382 g/mol. The van der Waals surface area contributed by atoms with Gasteiger partial charge in [-0.05, 0) is 65.9 Å². The van der Waals surface area contributed by atoms with Gasteiger partial charge in [0.2, 0.25) is 0 Å². The van der Waals surface area contributed by atoms with Gasteiger partial charge in [-0.15, -0.1) is 0 Å². The summed E-state index contributed by atoms with van der Waals surface area (Å²) < 4.78 is 15.6. The van der Waals surface area contributed by atoms with Crippen LogP contribution in [0.5, 0.6) is 0 Å². The van der Waals surface area contributed by atoms with Crippen molar-refractivity contribution in [2.24, 2.45) is 0 Å². The molecule has 0 amide bonds. The zero-order valence-electron chi connectivity index (χ0n) is 16.3. The average molecular weight is 382 g/mol. The van der Waals surface area contributed by atoms with E-state index >= 15 is 0 Å². The minimum Gasteiger partial charge on any atom is -0.490 e. The summed E-state index contributed by atoms with van der Waals surface area (Å²) in [4.78, 5) is 25.1. The average Bonchev–Trinajstić information content (AvgIpc) is 2.45.